The first-order valence-electron chi connectivity index (χ1n) is 7.35. The molecule has 0 saturated heterocycles. The first-order chi connectivity index (χ1) is 9.97. The van der Waals surface area contributed by atoms with E-state index in [9.17, 15) is 4.79 Å². The number of nitrogens with zero attached hydrogens (tertiary/aromatic N) is 3. The summed E-state index contributed by atoms with van der Waals surface area (Å²) in [5, 5.41) is 7.36. The van der Waals surface area contributed by atoms with E-state index in [0.29, 0.717) is 23.4 Å². The normalized spacial score (nSPS) is 18.6. The van der Waals surface area contributed by atoms with Gasteiger partial charge in [0.15, 0.2) is 5.96 Å². The molecule has 21 heavy (non-hydrogen) atoms. The Labute approximate surface area is 124 Å². The summed E-state index contributed by atoms with van der Waals surface area (Å²) in [6.07, 6.45) is 3.34. The maximum absolute atomic E-state index is 11.4. The van der Waals surface area contributed by atoms with Crippen LogP contribution in [0.15, 0.2) is 11.2 Å². The van der Waals surface area contributed by atoms with E-state index < -0.39 is 5.91 Å². The molecular formula is C14H24N6O. The fourth-order valence-corrected chi connectivity index (χ4v) is 2.46. The number of primary amides is 1. The van der Waals surface area contributed by atoms with Gasteiger partial charge in [0, 0.05) is 19.6 Å². The molecular weight excluding hydrogens is 268 g/mol. The number of carbonyl (C=O) groups is 1. The van der Waals surface area contributed by atoms with Crippen LogP contribution in [0.25, 0.3) is 0 Å². The van der Waals surface area contributed by atoms with Gasteiger partial charge >= 0.3 is 0 Å². The van der Waals surface area contributed by atoms with Crippen molar-refractivity contribution in [3.63, 3.8) is 0 Å². The van der Waals surface area contributed by atoms with Crippen molar-refractivity contribution < 1.29 is 4.79 Å². The maximum Gasteiger partial charge on any atom is 0.252 e. The van der Waals surface area contributed by atoms with Crippen LogP contribution in [0.4, 0.5) is 0 Å². The predicted octanol–water partition coefficient (Wildman–Crippen LogP) is 0.105. The lowest BCUT2D eigenvalue weighted by atomic mass is 9.94. The highest BCUT2D eigenvalue weighted by molar-refractivity contribution is 5.93. The number of aliphatic imine (C=N–C) groups is 1. The van der Waals surface area contributed by atoms with Gasteiger partial charge in [-0.1, -0.05) is 13.8 Å². The summed E-state index contributed by atoms with van der Waals surface area (Å²) in [7, 11) is 0. The van der Waals surface area contributed by atoms with Crippen LogP contribution < -0.4 is 16.8 Å². The van der Waals surface area contributed by atoms with Crippen LogP contribution in [0, 0.1) is 11.8 Å². The quantitative estimate of drug-likeness (QED) is 0.528. The second-order valence-electron chi connectivity index (χ2n) is 5.95. The van der Waals surface area contributed by atoms with Crippen LogP contribution in [-0.2, 0) is 13.0 Å². The molecule has 116 valence electrons. The van der Waals surface area contributed by atoms with E-state index in [2.05, 4.69) is 29.3 Å². The first kappa shape index (κ1) is 15.3. The molecule has 5 N–H and O–H groups in total. The van der Waals surface area contributed by atoms with Crippen molar-refractivity contribution in [2.75, 3.05) is 13.1 Å². The third-order valence-corrected chi connectivity index (χ3v) is 3.64. The Morgan fingerprint density at radius 1 is 1.57 bits per heavy atom. The molecule has 0 aromatic carbocycles. The summed E-state index contributed by atoms with van der Waals surface area (Å²) in [6, 6.07) is 0. The Bertz CT molecular complexity index is 534. The minimum absolute atomic E-state index is 0.403. The largest absolute Gasteiger partial charge is 0.370 e. The number of rotatable bonds is 5. The number of hydrogen-bond acceptors (Lipinski definition) is 3. The molecule has 1 aromatic heterocycles. The van der Waals surface area contributed by atoms with Gasteiger partial charge in [-0.05, 0) is 24.7 Å². The molecule has 0 bridgehead atoms. The van der Waals surface area contributed by atoms with Gasteiger partial charge in [-0.3, -0.25) is 14.5 Å². The summed E-state index contributed by atoms with van der Waals surface area (Å²) >= 11 is 0. The summed E-state index contributed by atoms with van der Waals surface area (Å²) < 4.78 is 1.87. The van der Waals surface area contributed by atoms with Gasteiger partial charge in [-0.25, -0.2) is 0 Å². The summed E-state index contributed by atoms with van der Waals surface area (Å²) in [5.74, 6) is 0.966. The Morgan fingerprint density at radius 2 is 2.33 bits per heavy atom. The predicted molar refractivity (Wildman–Crippen MR) is 81.9 cm³/mol. The molecule has 1 aromatic rings. The molecule has 0 spiro atoms. The van der Waals surface area contributed by atoms with Gasteiger partial charge in [0.25, 0.3) is 5.91 Å². The van der Waals surface area contributed by atoms with E-state index >= 15 is 0 Å². The van der Waals surface area contributed by atoms with Gasteiger partial charge in [0.1, 0.15) is 0 Å². The smallest absolute Gasteiger partial charge is 0.252 e. The van der Waals surface area contributed by atoms with Crippen LogP contribution in [0.3, 0.4) is 0 Å². The van der Waals surface area contributed by atoms with Crippen LogP contribution in [0.1, 0.15) is 36.3 Å². The minimum atomic E-state index is -0.414. The number of nitrogens with two attached hydrogens (primary N) is 2. The molecule has 0 fully saturated rings. The molecule has 7 nitrogen and oxygen atoms in total. The van der Waals surface area contributed by atoms with E-state index in [-0.39, 0.29) is 0 Å². The summed E-state index contributed by atoms with van der Waals surface area (Å²) in [5.41, 5.74) is 12.7. The number of aryl methyl sites for hydroxylation is 1. The number of guanidine groups is 1. The molecule has 2 heterocycles. The molecule has 0 radical (unpaired) electrons. The van der Waals surface area contributed by atoms with E-state index in [1.807, 2.05) is 4.68 Å². The third kappa shape index (κ3) is 3.96. The molecule has 1 aliphatic rings. The lowest BCUT2D eigenvalue weighted by molar-refractivity contribution is 0.0998. The first-order valence-corrected chi connectivity index (χ1v) is 7.35. The molecule has 0 saturated carbocycles. The second-order valence-corrected chi connectivity index (χ2v) is 5.95. The van der Waals surface area contributed by atoms with Crippen LogP contribution in [0.2, 0.25) is 0 Å². The highest BCUT2D eigenvalue weighted by Gasteiger charge is 2.24. The average Bonchev–Trinajstić information content (AvgIpc) is 2.86. The minimum Gasteiger partial charge on any atom is -0.370 e. The number of nitrogens with one attached hydrogen (secondary N) is 1. The Balaban J connectivity index is 1.91. The van der Waals surface area contributed by atoms with E-state index in [1.165, 1.54) is 0 Å². The zero-order valence-electron chi connectivity index (χ0n) is 12.7. The van der Waals surface area contributed by atoms with Crippen LogP contribution in [0.5, 0.6) is 0 Å². The van der Waals surface area contributed by atoms with Gasteiger partial charge in [0.05, 0.1) is 17.5 Å². The second kappa shape index (κ2) is 6.60. The van der Waals surface area contributed by atoms with E-state index in [1.54, 1.807) is 6.20 Å². The zero-order chi connectivity index (χ0) is 15.4. The average molecular weight is 292 g/mol. The van der Waals surface area contributed by atoms with Crippen molar-refractivity contribution in [1.29, 1.82) is 0 Å². The summed E-state index contributed by atoms with van der Waals surface area (Å²) in [4.78, 5) is 15.6. The van der Waals surface area contributed by atoms with Crippen molar-refractivity contribution >= 4 is 11.9 Å². The molecule has 1 unspecified atom stereocenters. The molecule has 7 heteroatoms. The summed E-state index contributed by atoms with van der Waals surface area (Å²) in [6.45, 7) is 6.48. The number of aromatic nitrogens is 2. The fourth-order valence-electron chi connectivity index (χ4n) is 2.46. The van der Waals surface area contributed by atoms with Crippen molar-refractivity contribution in [2.45, 2.75) is 33.2 Å². The van der Waals surface area contributed by atoms with E-state index in [0.717, 1.165) is 38.2 Å². The monoisotopic (exact) mass is 292 g/mol. The maximum atomic E-state index is 11.4. The highest BCUT2D eigenvalue weighted by Crippen LogP contribution is 2.22. The topological polar surface area (TPSA) is 111 Å². The standard InChI is InChI=1S/C14H24N6O/c1-9(2)6-17-14(16)18-7-10-3-4-20-12(5-10)11(8-19-20)13(15)21/h8-10H,3-7H2,1-2H3,(H2,15,21)(H3,16,17,18). The highest BCUT2D eigenvalue weighted by atomic mass is 16.1. The van der Waals surface area contributed by atoms with E-state index in [4.69, 9.17) is 11.5 Å². The van der Waals surface area contributed by atoms with Crippen molar-refractivity contribution in [3.05, 3.63) is 17.5 Å². The number of carbonyl (C=O) groups excluding carboxylic acids is 1. The number of fused-ring (bicyclic) bond motifs is 1. The van der Waals surface area contributed by atoms with Gasteiger partial charge in [-0.2, -0.15) is 5.10 Å². The number of hydrogen-bond donors (Lipinski definition) is 3. The lowest BCUT2D eigenvalue weighted by Gasteiger charge is -2.24. The molecule has 0 aliphatic carbocycles. The Kier molecular flexibility index (Phi) is 4.82. The van der Waals surface area contributed by atoms with Gasteiger partial charge < -0.3 is 16.8 Å². The molecule has 1 amide bonds. The van der Waals surface area contributed by atoms with Crippen molar-refractivity contribution in [2.24, 2.45) is 28.3 Å². The molecule has 2 rings (SSSR count). The van der Waals surface area contributed by atoms with Crippen molar-refractivity contribution in [1.82, 2.24) is 15.1 Å². The zero-order valence-corrected chi connectivity index (χ0v) is 12.7. The fraction of sp³-hybridized carbons (Fsp3) is 0.643. The van der Waals surface area contributed by atoms with Gasteiger partial charge in [0.2, 0.25) is 0 Å². The SMILES string of the molecule is CC(C)CN=C(N)NCC1CCn2ncc(C(N)=O)c2C1. The van der Waals surface area contributed by atoms with Crippen molar-refractivity contribution in [3.8, 4) is 0 Å². The Hall–Kier alpha value is -2.05. The Morgan fingerprint density at radius 3 is 3.00 bits per heavy atom. The number of amides is 1. The molecule has 1 aliphatic heterocycles. The lowest BCUT2D eigenvalue weighted by Crippen LogP contribution is -2.38. The molecule has 1 atom stereocenters. The van der Waals surface area contributed by atoms with Crippen LogP contribution >= 0.6 is 0 Å². The van der Waals surface area contributed by atoms with Crippen LogP contribution in [-0.4, -0.2) is 34.7 Å². The third-order valence-electron chi connectivity index (χ3n) is 3.64. The van der Waals surface area contributed by atoms with Gasteiger partial charge in [-0.15, -0.1) is 0 Å².